The highest BCUT2D eigenvalue weighted by atomic mass is 16.5. The summed E-state index contributed by atoms with van der Waals surface area (Å²) in [7, 11) is 0. The number of ether oxygens (including phenoxy) is 1. The molecule has 6 heteroatoms. The largest absolute Gasteiger partial charge is 0.494 e. The van der Waals surface area contributed by atoms with Crippen molar-refractivity contribution in [1.29, 1.82) is 0 Å². The van der Waals surface area contributed by atoms with Gasteiger partial charge in [-0.2, -0.15) is 0 Å². The zero-order chi connectivity index (χ0) is 15.2. The van der Waals surface area contributed by atoms with E-state index in [9.17, 15) is 9.59 Å². The molecule has 0 aromatic heterocycles. The third kappa shape index (κ3) is 4.11. The minimum atomic E-state index is -0.836. The third-order valence-corrected chi connectivity index (χ3v) is 3.50. The van der Waals surface area contributed by atoms with Crippen LogP contribution >= 0.6 is 0 Å². The molecule has 1 aromatic carbocycles. The van der Waals surface area contributed by atoms with E-state index >= 15 is 0 Å². The Bertz CT molecular complexity index is 501. The third-order valence-electron chi connectivity index (χ3n) is 3.50. The number of carboxylic acids is 1. The summed E-state index contributed by atoms with van der Waals surface area (Å²) in [5.41, 5.74) is 0.973. The molecule has 1 atom stereocenters. The van der Waals surface area contributed by atoms with Crippen molar-refractivity contribution in [1.82, 2.24) is 10.2 Å². The number of likely N-dealkylation sites (tertiary alicyclic amines) is 1. The van der Waals surface area contributed by atoms with E-state index in [1.807, 2.05) is 31.2 Å². The van der Waals surface area contributed by atoms with E-state index in [0.29, 0.717) is 26.1 Å². The highest BCUT2D eigenvalue weighted by molar-refractivity contribution is 5.77. The van der Waals surface area contributed by atoms with Gasteiger partial charge in [-0.1, -0.05) is 12.1 Å². The molecule has 1 aromatic rings. The van der Waals surface area contributed by atoms with E-state index in [-0.39, 0.29) is 12.6 Å². The Morgan fingerprint density at radius 3 is 2.67 bits per heavy atom. The van der Waals surface area contributed by atoms with E-state index in [1.54, 1.807) is 4.90 Å². The Balaban J connectivity index is 1.80. The molecular formula is C15H20N2O4. The first kappa shape index (κ1) is 15.2. The van der Waals surface area contributed by atoms with E-state index < -0.39 is 11.9 Å². The van der Waals surface area contributed by atoms with Gasteiger partial charge in [-0.05, 0) is 31.0 Å². The van der Waals surface area contributed by atoms with Gasteiger partial charge in [-0.3, -0.25) is 4.79 Å². The van der Waals surface area contributed by atoms with E-state index in [0.717, 1.165) is 11.3 Å². The van der Waals surface area contributed by atoms with Gasteiger partial charge in [0.1, 0.15) is 5.75 Å². The number of rotatable bonds is 5. The van der Waals surface area contributed by atoms with Crippen LogP contribution in [0.3, 0.4) is 0 Å². The number of carbonyl (C=O) groups excluding carboxylic acids is 1. The van der Waals surface area contributed by atoms with E-state index in [2.05, 4.69) is 5.32 Å². The number of hydrogen-bond donors (Lipinski definition) is 2. The predicted octanol–water partition coefficient (Wildman–Crippen LogP) is 1.70. The first-order chi connectivity index (χ1) is 10.1. The van der Waals surface area contributed by atoms with Gasteiger partial charge in [0.2, 0.25) is 0 Å². The van der Waals surface area contributed by atoms with Crippen LogP contribution in [0.2, 0.25) is 0 Å². The molecule has 1 saturated heterocycles. The summed E-state index contributed by atoms with van der Waals surface area (Å²) in [6, 6.07) is 7.31. The fourth-order valence-electron chi connectivity index (χ4n) is 2.31. The number of benzene rings is 1. The number of amides is 2. The van der Waals surface area contributed by atoms with Crippen molar-refractivity contribution in [3.63, 3.8) is 0 Å². The maximum absolute atomic E-state index is 12.0. The fourth-order valence-corrected chi connectivity index (χ4v) is 2.31. The molecule has 1 fully saturated rings. The van der Waals surface area contributed by atoms with Gasteiger partial charge in [0.15, 0.2) is 0 Å². The molecule has 0 spiro atoms. The Kier molecular flexibility index (Phi) is 5.03. The van der Waals surface area contributed by atoms with E-state index in [4.69, 9.17) is 9.84 Å². The predicted molar refractivity (Wildman–Crippen MR) is 77.2 cm³/mol. The van der Waals surface area contributed by atoms with Gasteiger partial charge in [-0.25, -0.2) is 4.79 Å². The molecule has 1 aliphatic heterocycles. The van der Waals surface area contributed by atoms with E-state index in [1.165, 1.54) is 0 Å². The highest BCUT2D eigenvalue weighted by Gasteiger charge is 2.30. The smallest absolute Gasteiger partial charge is 0.317 e. The molecule has 1 heterocycles. The second-order valence-electron chi connectivity index (χ2n) is 5.01. The molecule has 114 valence electrons. The lowest BCUT2D eigenvalue weighted by atomic mass is 10.1. The van der Waals surface area contributed by atoms with Crippen molar-refractivity contribution in [2.75, 3.05) is 19.7 Å². The summed E-state index contributed by atoms with van der Waals surface area (Å²) in [5.74, 6) is -0.477. The second-order valence-corrected chi connectivity index (χ2v) is 5.01. The normalized spacial score (nSPS) is 17.6. The van der Waals surface area contributed by atoms with Crippen molar-refractivity contribution in [2.45, 2.75) is 19.9 Å². The molecule has 2 N–H and O–H groups in total. The molecule has 0 aliphatic carbocycles. The quantitative estimate of drug-likeness (QED) is 0.866. The van der Waals surface area contributed by atoms with Crippen LogP contribution in [0.15, 0.2) is 24.3 Å². The van der Waals surface area contributed by atoms with Gasteiger partial charge >= 0.3 is 12.0 Å². The Morgan fingerprint density at radius 2 is 2.10 bits per heavy atom. The minimum Gasteiger partial charge on any atom is -0.494 e. The molecular weight excluding hydrogens is 272 g/mol. The molecule has 0 radical (unpaired) electrons. The maximum Gasteiger partial charge on any atom is 0.317 e. The number of carboxylic acid groups (broad SMARTS) is 1. The summed E-state index contributed by atoms with van der Waals surface area (Å²) >= 11 is 0. The first-order valence-corrected chi connectivity index (χ1v) is 7.07. The van der Waals surface area contributed by atoms with Gasteiger partial charge in [0.05, 0.1) is 12.5 Å². The zero-order valence-electron chi connectivity index (χ0n) is 12.0. The van der Waals surface area contributed by atoms with Crippen LogP contribution in [-0.4, -0.2) is 41.7 Å². The molecule has 2 amide bonds. The maximum atomic E-state index is 12.0. The molecule has 2 rings (SSSR count). The Morgan fingerprint density at radius 1 is 1.38 bits per heavy atom. The van der Waals surface area contributed by atoms with Crippen LogP contribution in [-0.2, 0) is 11.3 Å². The average molecular weight is 292 g/mol. The first-order valence-electron chi connectivity index (χ1n) is 7.07. The number of nitrogens with one attached hydrogen (secondary N) is 1. The zero-order valence-corrected chi connectivity index (χ0v) is 12.0. The van der Waals surface area contributed by atoms with Gasteiger partial charge in [0, 0.05) is 19.6 Å². The van der Waals surface area contributed by atoms with Crippen molar-refractivity contribution in [3.05, 3.63) is 29.8 Å². The topological polar surface area (TPSA) is 78.9 Å². The van der Waals surface area contributed by atoms with Crippen molar-refractivity contribution in [2.24, 2.45) is 5.92 Å². The summed E-state index contributed by atoms with van der Waals surface area (Å²) in [5, 5.41) is 11.7. The van der Waals surface area contributed by atoms with Crippen LogP contribution in [0.5, 0.6) is 5.75 Å². The van der Waals surface area contributed by atoms with Crippen molar-refractivity contribution >= 4 is 12.0 Å². The Hall–Kier alpha value is -2.24. The van der Waals surface area contributed by atoms with Crippen LogP contribution in [0.1, 0.15) is 18.9 Å². The summed E-state index contributed by atoms with van der Waals surface area (Å²) in [6.45, 7) is 3.74. The number of hydrogen-bond acceptors (Lipinski definition) is 3. The fraction of sp³-hybridized carbons (Fsp3) is 0.467. The van der Waals surface area contributed by atoms with Crippen LogP contribution in [0, 0.1) is 5.92 Å². The summed E-state index contributed by atoms with van der Waals surface area (Å²) in [6.07, 6.45) is 0.520. The molecule has 21 heavy (non-hydrogen) atoms. The molecule has 0 saturated carbocycles. The lowest BCUT2D eigenvalue weighted by molar-refractivity contribution is -0.141. The molecule has 6 nitrogen and oxygen atoms in total. The molecule has 0 bridgehead atoms. The standard InChI is InChI=1S/C15H20N2O4/c1-2-21-13-5-3-11(4-6-13)9-16-15(20)17-8-7-12(10-17)14(18)19/h3-6,12H,2,7-10H2,1H3,(H,16,20)(H,18,19). The minimum absolute atomic E-state index is 0.215. The van der Waals surface area contributed by atoms with Crippen molar-refractivity contribution in [3.8, 4) is 5.75 Å². The second kappa shape index (κ2) is 6.97. The molecule has 1 aliphatic rings. The van der Waals surface area contributed by atoms with Gasteiger partial charge in [-0.15, -0.1) is 0 Å². The van der Waals surface area contributed by atoms with Crippen LogP contribution in [0.25, 0.3) is 0 Å². The highest BCUT2D eigenvalue weighted by Crippen LogP contribution is 2.16. The SMILES string of the molecule is CCOc1ccc(CNC(=O)N2CCC(C(=O)O)C2)cc1. The Labute approximate surface area is 123 Å². The number of nitrogens with zero attached hydrogens (tertiary/aromatic N) is 1. The van der Waals surface area contributed by atoms with Gasteiger partial charge in [0.25, 0.3) is 0 Å². The summed E-state index contributed by atoms with van der Waals surface area (Å²) in [4.78, 5) is 24.4. The lowest BCUT2D eigenvalue weighted by Gasteiger charge is -2.16. The lowest BCUT2D eigenvalue weighted by Crippen LogP contribution is -2.38. The monoisotopic (exact) mass is 292 g/mol. The number of carbonyl (C=O) groups is 2. The molecule has 1 unspecified atom stereocenters. The number of urea groups is 1. The van der Waals surface area contributed by atoms with Crippen LogP contribution < -0.4 is 10.1 Å². The average Bonchev–Trinajstić information content (AvgIpc) is 2.97. The number of aliphatic carboxylic acids is 1. The van der Waals surface area contributed by atoms with Crippen LogP contribution in [0.4, 0.5) is 4.79 Å². The van der Waals surface area contributed by atoms with Crippen molar-refractivity contribution < 1.29 is 19.4 Å². The summed E-state index contributed by atoms with van der Waals surface area (Å²) < 4.78 is 5.35. The van der Waals surface area contributed by atoms with Gasteiger partial charge < -0.3 is 20.1 Å².